The van der Waals surface area contributed by atoms with Crippen LogP contribution in [0.15, 0.2) is 54.6 Å². The molecule has 1 atom stereocenters. The number of carbonyl (C=O) groups excluding carboxylic acids is 4. The minimum absolute atomic E-state index is 0.0289. The molecule has 42 heavy (non-hydrogen) atoms. The standard InChI is InChI=1S/C31H35N5O6/c1-6-41-29(38)23-12-14-24(15-13-23)33-31(40)36-17-16-35(18-20(36)4)28(37)26-25(30(39)42-19(2)3)21(5)32-27(34-26)22-10-8-7-9-11-22/h7-15,19-20H,6,16-18H2,1-5H3,(H,33,40). The van der Waals surface area contributed by atoms with Crippen molar-refractivity contribution in [2.45, 2.75) is 46.8 Å². The molecule has 1 aromatic heterocycles. The topological polar surface area (TPSA) is 131 Å². The molecule has 2 aromatic carbocycles. The second-order valence-corrected chi connectivity index (χ2v) is 10.2. The summed E-state index contributed by atoms with van der Waals surface area (Å²) in [6.45, 7) is 9.71. The molecule has 1 saturated heterocycles. The van der Waals surface area contributed by atoms with Crippen LogP contribution in [0.25, 0.3) is 11.4 Å². The number of urea groups is 1. The minimum atomic E-state index is -0.662. The fraction of sp³-hybridized carbons (Fsp3) is 0.355. The van der Waals surface area contributed by atoms with Gasteiger partial charge in [0, 0.05) is 36.9 Å². The quantitative estimate of drug-likeness (QED) is 0.407. The predicted octanol–water partition coefficient (Wildman–Crippen LogP) is 4.57. The van der Waals surface area contributed by atoms with Gasteiger partial charge in [-0.1, -0.05) is 30.3 Å². The van der Waals surface area contributed by atoms with E-state index in [1.807, 2.05) is 37.3 Å². The van der Waals surface area contributed by atoms with Crippen LogP contribution in [0.2, 0.25) is 0 Å². The zero-order valence-corrected chi connectivity index (χ0v) is 24.4. The number of aryl methyl sites for hydroxylation is 1. The number of nitrogens with one attached hydrogen (secondary N) is 1. The maximum absolute atomic E-state index is 13.9. The Morgan fingerprint density at radius 3 is 2.29 bits per heavy atom. The van der Waals surface area contributed by atoms with E-state index in [1.54, 1.807) is 61.8 Å². The van der Waals surface area contributed by atoms with Crippen LogP contribution in [-0.2, 0) is 9.47 Å². The number of hydrogen-bond acceptors (Lipinski definition) is 8. The van der Waals surface area contributed by atoms with Gasteiger partial charge in [0.05, 0.1) is 24.0 Å². The first kappa shape index (κ1) is 30.2. The van der Waals surface area contributed by atoms with Crippen molar-refractivity contribution in [3.8, 4) is 11.4 Å². The Bertz CT molecular complexity index is 1460. The molecule has 1 aliphatic heterocycles. The third-order valence-corrected chi connectivity index (χ3v) is 6.69. The Balaban J connectivity index is 1.51. The summed E-state index contributed by atoms with van der Waals surface area (Å²) in [5, 5.41) is 2.84. The molecule has 0 spiro atoms. The van der Waals surface area contributed by atoms with Crippen molar-refractivity contribution < 1.29 is 28.7 Å². The number of piperazine rings is 1. The van der Waals surface area contributed by atoms with Gasteiger partial charge in [0.2, 0.25) is 0 Å². The molecule has 1 unspecified atom stereocenters. The second-order valence-electron chi connectivity index (χ2n) is 10.2. The Morgan fingerprint density at radius 1 is 0.976 bits per heavy atom. The van der Waals surface area contributed by atoms with Crippen LogP contribution in [0.3, 0.4) is 0 Å². The Kier molecular flexibility index (Phi) is 9.51. The summed E-state index contributed by atoms with van der Waals surface area (Å²) in [6.07, 6.45) is -0.392. The molecule has 1 N–H and O–H groups in total. The predicted molar refractivity (Wildman–Crippen MR) is 156 cm³/mol. The van der Waals surface area contributed by atoms with E-state index in [9.17, 15) is 19.2 Å². The average Bonchev–Trinajstić information content (AvgIpc) is 2.96. The highest BCUT2D eigenvalue weighted by Crippen LogP contribution is 2.23. The molecule has 1 fully saturated rings. The fourth-order valence-corrected chi connectivity index (χ4v) is 4.65. The number of rotatable bonds is 7. The van der Waals surface area contributed by atoms with E-state index < -0.39 is 23.9 Å². The van der Waals surface area contributed by atoms with Crippen LogP contribution in [-0.4, -0.2) is 82.0 Å². The monoisotopic (exact) mass is 573 g/mol. The van der Waals surface area contributed by atoms with Gasteiger partial charge in [0.1, 0.15) is 11.3 Å². The molecule has 3 amide bonds. The summed E-state index contributed by atoms with van der Waals surface area (Å²) in [5.74, 6) is -1.20. The number of amides is 3. The first-order chi connectivity index (χ1) is 20.1. The van der Waals surface area contributed by atoms with E-state index in [1.165, 1.54) is 0 Å². The third-order valence-electron chi connectivity index (χ3n) is 6.69. The largest absolute Gasteiger partial charge is 0.462 e. The number of anilines is 1. The summed E-state index contributed by atoms with van der Waals surface area (Å²) < 4.78 is 10.4. The molecule has 4 rings (SSSR count). The van der Waals surface area contributed by atoms with Crippen molar-refractivity contribution in [1.82, 2.24) is 19.8 Å². The van der Waals surface area contributed by atoms with Crippen LogP contribution < -0.4 is 5.32 Å². The lowest BCUT2D eigenvalue weighted by atomic mass is 10.1. The minimum Gasteiger partial charge on any atom is -0.462 e. The molecule has 3 aromatic rings. The van der Waals surface area contributed by atoms with E-state index in [4.69, 9.17) is 9.47 Å². The summed E-state index contributed by atoms with van der Waals surface area (Å²) in [7, 11) is 0. The highest BCUT2D eigenvalue weighted by molar-refractivity contribution is 6.05. The molecule has 2 heterocycles. The number of carbonyl (C=O) groups is 4. The number of aromatic nitrogens is 2. The Morgan fingerprint density at radius 2 is 1.67 bits per heavy atom. The lowest BCUT2D eigenvalue weighted by Crippen LogP contribution is -2.56. The molecular formula is C31H35N5O6. The summed E-state index contributed by atoms with van der Waals surface area (Å²) in [5.41, 5.74) is 1.98. The first-order valence-electron chi connectivity index (χ1n) is 13.9. The first-order valence-corrected chi connectivity index (χ1v) is 13.9. The maximum Gasteiger partial charge on any atom is 0.342 e. The van der Waals surface area contributed by atoms with E-state index in [0.29, 0.717) is 28.3 Å². The molecule has 1 aliphatic rings. The van der Waals surface area contributed by atoms with Gasteiger partial charge in [-0.2, -0.15) is 0 Å². The van der Waals surface area contributed by atoms with Gasteiger partial charge >= 0.3 is 18.0 Å². The number of nitrogens with zero attached hydrogens (tertiary/aromatic N) is 4. The molecule has 0 radical (unpaired) electrons. The summed E-state index contributed by atoms with van der Waals surface area (Å²) in [6, 6.07) is 15.0. The molecule has 11 heteroatoms. The van der Waals surface area contributed by atoms with E-state index in [0.717, 1.165) is 0 Å². The number of hydrogen-bond donors (Lipinski definition) is 1. The second kappa shape index (κ2) is 13.2. The molecular weight excluding hydrogens is 538 g/mol. The van der Waals surface area contributed by atoms with E-state index in [-0.39, 0.29) is 49.6 Å². The van der Waals surface area contributed by atoms with Gasteiger partial charge in [-0.05, 0) is 58.9 Å². The van der Waals surface area contributed by atoms with Crippen molar-refractivity contribution in [1.29, 1.82) is 0 Å². The van der Waals surface area contributed by atoms with Gasteiger partial charge in [-0.25, -0.2) is 24.4 Å². The van der Waals surface area contributed by atoms with Crippen LogP contribution in [0.5, 0.6) is 0 Å². The van der Waals surface area contributed by atoms with E-state index in [2.05, 4.69) is 15.3 Å². The van der Waals surface area contributed by atoms with Crippen LogP contribution in [0.4, 0.5) is 10.5 Å². The average molecular weight is 574 g/mol. The van der Waals surface area contributed by atoms with Crippen LogP contribution >= 0.6 is 0 Å². The van der Waals surface area contributed by atoms with E-state index >= 15 is 0 Å². The summed E-state index contributed by atoms with van der Waals surface area (Å²) >= 11 is 0. The molecule has 0 bridgehead atoms. The van der Waals surface area contributed by atoms with Crippen molar-refractivity contribution in [3.63, 3.8) is 0 Å². The van der Waals surface area contributed by atoms with Gasteiger partial charge in [-0.3, -0.25) is 4.79 Å². The summed E-state index contributed by atoms with van der Waals surface area (Å²) in [4.78, 5) is 64.1. The zero-order valence-electron chi connectivity index (χ0n) is 24.4. The molecule has 220 valence electrons. The van der Waals surface area contributed by atoms with Gasteiger partial charge < -0.3 is 24.6 Å². The van der Waals surface area contributed by atoms with Gasteiger partial charge in [0.15, 0.2) is 5.82 Å². The Hall–Kier alpha value is -4.80. The van der Waals surface area contributed by atoms with Crippen molar-refractivity contribution in [3.05, 3.63) is 77.1 Å². The lowest BCUT2D eigenvalue weighted by Gasteiger charge is -2.39. The van der Waals surface area contributed by atoms with Crippen molar-refractivity contribution >= 4 is 29.6 Å². The molecule has 11 nitrogen and oxygen atoms in total. The lowest BCUT2D eigenvalue weighted by molar-refractivity contribution is 0.0367. The number of ether oxygens (including phenoxy) is 2. The molecule has 0 saturated carbocycles. The fourth-order valence-electron chi connectivity index (χ4n) is 4.65. The van der Waals surface area contributed by atoms with Crippen LogP contribution in [0, 0.1) is 6.92 Å². The number of benzene rings is 2. The highest BCUT2D eigenvalue weighted by Gasteiger charge is 2.34. The smallest absolute Gasteiger partial charge is 0.342 e. The van der Waals surface area contributed by atoms with Gasteiger partial charge in [-0.15, -0.1) is 0 Å². The zero-order chi connectivity index (χ0) is 30.4. The third kappa shape index (κ3) is 6.91. The van der Waals surface area contributed by atoms with Crippen molar-refractivity contribution in [2.24, 2.45) is 0 Å². The highest BCUT2D eigenvalue weighted by atomic mass is 16.5. The van der Waals surface area contributed by atoms with Crippen LogP contribution in [0.1, 0.15) is 64.6 Å². The normalized spacial score (nSPS) is 14.9. The maximum atomic E-state index is 13.9. The molecule has 0 aliphatic carbocycles. The van der Waals surface area contributed by atoms with Gasteiger partial charge in [0.25, 0.3) is 5.91 Å². The number of esters is 2. The van der Waals surface area contributed by atoms with Crippen molar-refractivity contribution in [2.75, 3.05) is 31.6 Å². The SMILES string of the molecule is CCOC(=O)c1ccc(NC(=O)N2CCN(C(=O)c3nc(-c4ccccc4)nc(C)c3C(=O)OC(C)C)CC2C)cc1. The Labute approximate surface area is 244 Å².